The number of ketones is 2. The molecule has 0 rings (SSSR count). The first-order chi connectivity index (χ1) is 6.84. The van der Waals surface area contributed by atoms with Gasteiger partial charge in [0.2, 0.25) is 5.91 Å². The van der Waals surface area contributed by atoms with Gasteiger partial charge < -0.3 is 10.1 Å². The third-order valence-corrected chi connectivity index (χ3v) is 1.81. The number of carbonyl (C=O) groups excluding carboxylic acids is 3. The molecule has 0 fully saturated rings. The highest BCUT2D eigenvalue weighted by atomic mass is 16.2. The summed E-state index contributed by atoms with van der Waals surface area (Å²) >= 11 is 0. The van der Waals surface area contributed by atoms with E-state index in [1.807, 2.05) is 6.92 Å². The van der Waals surface area contributed by atoms with Crippen molar-refractivity contribution in [3.63, 3.8) is 0 Å². The van der Waals surface area contributed by atoms with Crippen LogP contribution in [0.2, 0.25) is 0 Å². The lowest BCUT2D eigenvalue weighted by molar-refractivity contribution is -0.126. The zero-order chi connectivity index (χ0) is 12.4. The van der Waals surface area contributed by atoms with Crippen LogP contribution < -0.4 is 5.32 Å². The van der Waals surface area contributed by atoms with E-state index in [1.54, 1.807) is 20.8 Å². The molecule has 1 atom stereocenters. The topological polar surface area (TPSA) is 63.2 Å². The second-order valence-corrected chi connectivity index (χ2v) is 3.31. The van der Waals surface area contributed by atoms with Crippen molar-refractivity contribution in [1.82, 2.24) is 5.32 Å². The average Bonchev–Trinajstić information content (AvgIpc) is 2.18. The molecule has 0 bridgehead atoms. The summed E-state index contributed by atoms with van der Waals surface area (Å²) in [5.41, 5.74) is 0. The maximum Gasteiger partial charge on any atom is 0.220 e. The molecule has 88 valence electrons. The third-order valence-electron chi connectivity index (χ3n) is 1.81. The van der Waals surface area contributed by atoms with Gasteiger partial charge in [-0.1, -0.05) is 13.8 Å². The Hall–Kier alpha value is -1.19. The Morgan fingerprint density at radius 2 is 1.47 bits per heavy atom. The summed E-state index contributed by atoms with van der Waals surface area (Å²) in [7, 11) is 0. The minimum atomic E-state index is -0.340. The van der Waals surface area contributed by atoms with E-state index in [1.165, 1.54) is 6.92 Å². The van der Waals surface area contributed by atoms with Crippen LogP contribution in [0.15, 0.2) is 0 Å². The molecular formula is C11H21NO3. The minimum Gasteiger partial charge on any atom is -0.347 e. The van der Waals surface area contributed by atoms with Gasteiger partial charge in [-0.3, -0.25) is 9.59 Å². The van der Waals surface area contributed by atoms with Gasteiger partial charge in [-0.2, -0.15) is 0 Å². The standard InChI is InChI=1S/C7H13NO2.C4H8O/c1-4-7(10)8-5(2)6(3)9;1-3-4(2)5/h5H,4H2,1-3H3,(H,8,10);3H2,1-2H3. The van der Waals surface area contributed by atoms with Crippen LogP contribution in [0.25, 0.3) is 0 Å². The number of Topliss-reactive ketones (excluding diaryl/α,β-unsaturated/α-hetero) is 2. The summed E-state index contributed by atoms with van der Waals surface area (Å²) in [4.78, 5) is 31.1. The quantitative estimate of drug-likeness (QED) is 0.772. The van der Waals surface area contributed by atoms with Gasteiger partial charge in [-0.25, -0.2) is 0 Å². The van der Waals surface area contributed by atoms with Crippen LogP contribution in [0.4, 0.5) is 0 Å². The van der Waals surface area contributed by atoms with Crippen molar-refractivity contribution in [2.45, 2.75) is 53.5 Å². The van der Waals surface area contributed by atoms with E-state index in [0.29, 0.717) is 12.8 Å². The first kappa shape index (κ1) is 16.2. The average molecular weight is 215 g/mol. The molecule has 4 nitrogen and oxygen atoms in total. The molecule has 4 heteroatoms. The fraction of sp³-hybridized carbons (Fsp3) is 0.727. The molecule has 1 N–H and O–H groups in total. The normalized spacial score (nSPS) is 10.7. The predicted octanol–water partition coefficient (Wildman–Crippen LogP) is 1.48. The van der Waals surface area contributed by atoms with Crippen LogP contribution >= 0.6 is 0 Å². The first-order valence-electron chi connectivity index (χ1n) is 5.14. The molecule has 0 saturated heterocycles. The number of amides is 1. The van der Waals surface area contributed by atoms with Gasteiger partial charge in [0.1, 0.15) is 5.78 Å². The summed E-state index contributed by atoms with van der Waals surface area (Å²) in [5, 5.41) is 2.54. The molecule has 0 aliphatic carbocycles. The lowest BCUT2D eigenvalue weighted by atomic mass is 10.2. The zero-order valence-electron chi connectivity index (χ0n) is 10.2. The summed E-state index contributed by atoms with van der Waals surface area (Å²) in [6.07, 6.45) is 1.09. The van der Waals surface area contributed by atoms with Crippen molar-refractivity contribution in [2.75, 3.05) is 0 Å². The van der Waals surface area contributed by atoms with Gasteiger partial charge in [0.15, 0.2) is 5.78 Å². The van der Waals surface area contributed by atoms with E-state index in [0.717, 1.165) is 0 Å². The largest absolute Gasteiger partial charge is 0.347 e. The summed E-state index contributed by atoms with van der Waals surface area (Å²) < 4.78 is 0. The number of carbonyl (C=O) groups is 3. The van der Waals surface area contributed by atoms with Crippen LogP contribution in [-0.4, -0.2) is 23.5 Å². The van der Waals surface area contributed by atoms with Crippen LogP contribution in [0, 0.1) is 0 Å². The smallest absolute Gasteiger partial charge is 0.220 e. The van der Waals surface area contributed by atoms with Gasteiger partial charge in [-0.15, -0.1) is 0 Å². The van der Waals surface area contributed by atoms with E-state index in [-0.39, 0.29) is 23.5 Å². The maximum absolute atomic E-state index is 10.7. The molecule has 0 heterocycles. The Morgan fingerprint density at radius 1 is 1.07 bits per heavy atom. The van der Waals surface area contributed by atoms with Crippen molar-refractivity contribution in [3.8, 4) is 0 Å². The first-order valence-corrected chi connectivity index (χ1v) is 5.14. The van der Waals surface area contributed by atoms with E-state index in [9.17, 15) is 14.4 Å². The highest BCUT2D eigenvalue weighted by Gasteiger charge is 2.08. The second-order valence-electron chi connectivity index (χ2n) is 3.31. The number of hydrogen-bond donors (Lipinski definition) is 1. The minimum absolute atomic E-state index is 0.0122. The molecule has 0 aromatic rings. The maximum atomic E-state index is 10.7. The predicted molar refractivity (Wildman–Crippen MR) is 59.5 cm³/mol. The Kier molecular flexibility index (Phi) is 10.1. The lowest BCUT2D eigenvalue weighted by Gasteiger charge is -2.08. The molecular weight excluding hydrogens is 194 g/mol. The van der Waals surface area contributed by atoms with Crippen LogP contribution in [0.3, 0.4) is 0 Å². The highest BCUT2D eigenvalue weighted by molar-refractivity contribution is 5.86. The number of nitrogens with one attached hydrogen (secondary N) is 1. The van der Waals surface area contributed by atoms with Gasteiger partial charge in [-0.05, 0) is 20.8 Å². The van der Waals surface area contributed by atoms with Crippen molar-refractivity contribution < 1.29 is 14.4 Å². The molecule has 0 saturated carbocycles. The van der Waals surface area contributed by atoms with Crippen molar-refractivity contribution >= 4 is 17.5 Å². The van der Waals surface area contributed by atoms with Crippen LogP contribution in [-0.2, 0) is 14.4 Å². The molecule has 0 aromatic heterocycles. The van der Waals surface area contributed by atoms with Gasteiger partial charge in [0, 0.05) is 12.8 Å². The van der Waals surface area contributed by atoms with Crippen LogP contribution in [0.5, 0.6) is 0 Å². The third kappa shape index (κ3) is 12.8. The van der Waals surface area contributed by atoms with E-state index in [2.05, 4.69) is 5.32 Å². The molecule has 0 aliphatic heterocycles. The molecule has 0 spiro atoms. The lowest BCUT2D eigenvalue weighted by Crippen LogP contribution is -2.36. The highest BCUT2D eigenvalue weighted by Crippen LogP contribution is 1.84. The van der Waals surface area contributed by atoms with Crippen molar-refractivity contribution in [2.24, 2.45) is 0 Å². The Labute approximate surface area is 91.4 Å². The fourth-order valence-corrected chi connectivity index (χ4v) is 0.445. The Morgan fingerprint density at radius 3 is 1.67 bits per heavy atom. The fourth-order valence-electron chi connectivity index (χ4n) is 0.445. The number of rotatable bonds is 4. The number of hydrogen-bond acceptors (Lipinski definition) is 3. The SMILES string of the molecule is CCC(=O)NC(C)C(C)=O.CCC(C)=O. The molecule has 0 aliphatic rings. The molecule has 1 amide bonds. The summed E-state index contributed by atoms with van der Waals surface area (Å²) in [5.74, 6) is 0.162. The molecule has 15 heavy (non-hydrogen) atoms. The Bertz CT molecular complexity index is 224. The van der Waals surface area contributed by atoms with E-state index >= 15 is 0 Å². The Balaban J connectivity index is 0. The van der Waals surface area contributed by atoms with Crippen molar-refractivity contribution in [3.05, 3.63) is 0 Å². The molecule has 0 radical (unpaired) electrons. The summed E-state index contributed by atoms with van der Waals surface area (Å²) in [6.45, 7) is 8.32. The van der Waals surface area contributed by atoms with Gasteiger partial charge in [0.25, 0.3) is 0 Å². The van der Waals surface area contributed by atoms with E-state index < -0.39 is 0 Å². The van der Waals surface area contributed by atoms with Gasteiger partial charge in [0.05, 0.1) is 6.04 Å². The van der Waals surface area contributed by atoms with Crippen LogP contribution in [0.1, 0.15) is 47.5 Å². The van der Waals surface area contributed by atoms with E-state index in [4.69, 9.17) is 0 Å². The molecule has 0 aromatic carbocycles. The van der Waals surface area contributed by atoms with Crippen molar-refractivity contribution in [1.29, 1.82) is 0 Å². The zero-order valence-corrected chi connectivity index (χ0v) is 10.2. The molecule has 1 unspecified atom stereocenters. The monoisotopic (exact) mass is 215 g/mol. The van der Waals surface area contributed by atoms with Gasteiger partial charge >= 0.3 is 0 Å². The second kappa shape index (κ2) is 9.37. The summed E-state index contributed by atoms with van der Waals surface area (Å²) in [6, 6.07) is -0.340.